The molecule has 0 bridgehead atoms. The highest BCUT2D eigenvalue weighted by Crippen LogP contribution is 2.31. The number of aliphatic hydroxyl groups is 1. The molecule has 0 heterocycles. The molecule has 0 aromatic heterocycles. The Balaban J connectivity index is 1.51. The minimum Gasteiger partial charge on any atom is -0.490 e. The molecule has 264 valence electrons. The van der Waals surface area contributed by atoms with Gasteiger partial charge in [0, 0.05) is 6.54 Å². The molecule has 0 unspecified atom stereocenters. The second kappa shape index (κ2) is 16.8. The third-order valence-electron chi connectivity index (χ3n) is 8.09. The van der Waals surface area contributed by atoms with Crippen molar-refractivity contribution in [2.45, 2.75) is 83.5 Å². The predicted octanol–water partition coefficient (Wildman–Crippen LogP) is 6.11. The molecule has 0 radical (unpaired) electrons. The normalized spacial score (nSPS) is 14.4. The van der Waals surface area contributed by atoms with E-state index in [2.05, 4.69) is 0 Å². The fraction of sp³-hybridized carbons (Fsp3) is 0.432. The summed E-state index contributed by atoms with van der Waals surface area (Å²) >= 11 is 0. The molecule has 0 saturated heterocycles. The number of ether oxygens (including phenoxy) is 2. The molecule has 1 fully saturated rings. The summed E-state index contributed by atoms with van der Waals surface area (Å²) in [7, 11) is -4.17. The van der Waals surface area contributed by atoms with Crippen LogP contribution in [0.5, 0.6) is 5.75 Å². The summed E-state index contributed by atoms with van der Waals surface area (Å²) in [5.41, 5.74) is 2.60. The van der Waals surface area contributed by atoms with Gasteiger partial charge in [-0.05, 0) is 87.3 Å². The highest BCUT2D eigenvalue weighted by Gasteiger charge is 2.26. The van der Waals surface area contributed by atoms with Crippen molar-refractivity contribution in [2.75, 3.05) is 18.8 Å². The first-order valence-electron chi connectivity index (χ1n) is 16.6. The number of hydrogen-bond acceptors (Lipinski definition) is 8. The van der Waals surface area contributed by atoms with Crippen LogP contribution >= 0.6 is 0 Å². The fourth-order valence-electron chi connectivity index (χ4n) is 5.52. The van der Waals surface area contributed by atoms with Crippen LogP contribution in [0.2, 0.25) is 0 Å². The molecule has 1 aliphatic carbocycles. The first-order valence-corrected chi connectivity index (χ1v) is 18.2. The molecular formula is C37H46N2O9S. The molecular weight excluding hydrogens is 648 g/mol. The molecule has 12 heteroatoms. The van der Waals surface area contributed by atoms with Crippen molar-refractivity contribution in [1.82, 2.24) is 9.62 Å². The number of nitrogens with one attached hydrogen (secondary N) is 1. The van der Waals surface area contributed by atoms with E-state index in [-0.39, 0.29) is 24.0 Å². The maximum atomic E-state index is 13.1. The lowest BCUT2D eigenvalue weighted by Crippen LogP contribution is -2.40. The van der Waals surface area contributed by atoms with Gasteiger partial charge in [0.05, 0.1) is 36.5 Å². The molecule has 0 aliphatic heterocycles. The van der Waals surface area contributed by atoms with Crippen molar-refractivity contribution in [3.05, 3.63) is 89.5 Å². The molecule has 3 aromatic carbocycles. The summed E-state index contributed by atoms with van der Waals surface area (Å²) in [5.74, 6) is -2.63. The van der Waals surface area contributed by atoms with Crippen LogP contribution in [0, 0.1) is 0 Å². The minimum absolute atomic E-state index is 0.0461. The Hall–Kier alpha value is -4.42. The van der Waals surface area contributed by atoms with E-state index in [0.717, 1.165) is 48.8 Å². The first kappa shape index (κ1) is 37.4. The van der Waals surface area contributed by atoms with Crippen LogP contribution in [0.4, 0.5) is 4.79 Å². The maximum absolute atomic E-state index is 13.1. The van der Waals surface area contributed by atoms with Crippen LogP contribution in [-0.4, -0.2) is 72.0 Å². The van der Waals surface area contributed by atoms with Gasteiger partial charge in [0.25, 0.3) is 5.91 Å². The Morgan fingerprint density at radius 2 is 1.59 bits per heavy atom. The van der Waals surface area contributed by atoms with Crippen molar-refractivity contribution >= 4 is 28.0 Å². The Bertz CT molecular complexity index is 1680. The zero-order valence-corrected chi connectivity index (χ0v) is 29.1. The van der Waals surface area contributed by atoms with Crippen LogP contribution in [0.3, 0.4) is 0 Å². The van der Waals surface area contributed by atoms with E-state index >= 15 is 0 Å². The molecule has 49 heavy (non-hydrogen) atoms. The number of sulfonamides is 1. The largest absolute Gasteiger partial charge is 0.490 e. The Morgan fingerprint density at radius 1 is 0.939 bits per heavy atom. The van der Waals surface area contributed by atoms with E-state index in [1.54, 1.807) is 32.9 Å². The lowest BCUT2D eigenvalue weighted by molar-refractivity contribution is -0.136. The number of carbonyl (C=O) groups is 3. The Morgan fingerprint density at radius 3 is 2.22 bits per heavy atom. The highest BCUT2D eigenvalue weighted by atomic mass is 32.2. The summed E-state index contributed by atoms with van der Waals surface area (Å²) in [6.07, 6.45) is 3.10. The predicted molar refractivity (Wildman–Crippen MR) is 186 cm³/mol. The van der Waals surface area contributed by atoms with E-state index in [1.807, 2.05) is 59.3 Å². The maximum Gasteiger partial charge on any atom is 0.410 e. The number of carboxylic acids is 1. The number of aliphatic hydroxyl groups excluding tert-OH is 1. The molecule has 3 aromatic rings. The summed E-state index contributed by atoms with van der Waals surface area (Å²) in [5, 5.41) is 19.7. The van der Waals surface area contributed by atoms with Crippen LogP contribution < -0.4 is 9.46 Å². The number of amides is 2. The Labute approximate surface area is 288 Å². The van der Waals surface area contributed by atoms with Gasteiger partial charge in [0.15, 0.2) is 0 Å². The first-order chi connectivity index (χ1) is 23.2. The van der Waals surface area contributed by atoms with Crippen LogP contribution in [-0.2, 0) is 26.0 Å². The van der Waals surface area contributed by atoms with Crippen molar-refractivity contribution in [2.24, 2.45) is 0 Å². The molecule has 1 atom stereocenters. The van der Waals surface area contributed by atoms with Gasteiger partial charge in [-0.2, -0.15) is 0 Å². The lowest BCUT2D eigenvalue weighted by Gasteiger charge is -2.29. The van der Waals surface area contributed by atoms with E-state index in [4.69, 9.17) is 14.6 Å². The smallest absolute Gasteiger partial charge is 0.410 e. The average molecular weight is 695 g/mol. The van der Waals surface area contributed by atoms with E-state index in [1.165, 1.54) is 11.0 Å². The Kier molecular flexibility index (Phi) is 12.8. The molecule has 11 nitrogen and oxygen atoms in total. The van der Waals surface area contributed by atoms with E-state index in [0.29, 0.717) is 18.5 Å². The van der Waals surface area contributed by atoms with Gasteiger partial charge in [0.1, 0.15) is 11.4 Å². The number of hydrogen-bond donors (Lipinski definition) is 3. The van der Waals surface area contributed by atoms with Gasteiger partial charge in [-0.3, -0.25) is 9.59 Å². The highest BCUT2D eigenvalue weighted by molar-refractivity contribution is 7.90. The van der Waals surface area contributed by atoms with Gasteiger partial charge in [-0.25, -0.2) is 17.9 Å². The summed E-state index contributed by atoms with van der Waals surface area (Å²) < 4.78 is 38.6. The average Bonchev–Trinajstić information content (AvgIpc) is 3.05. The zero-order valence-electron chi connectivity index (χ0n) is 28.3. The number of nitrogens with zero attached hydrogens (tertiary/aromatic N) is 1. The number of benzene rings is 3. The van der Waals surface area contributed by atoms with Crippen molar-refractivity contribution in [3.63, 3.8) is 0 Å². The van der Waals surface area contributed by atoms with E-state index < -0.39 is 51.9 Å². The topological polar surface area (TPSA) is 160 Å². The second-order valence-electron chi connectivity index (χ2n) is 13.3. The third kappa shape index (κ3) is 11.9. The van der Waals surface area contributed by atoms with Crippen LogP contribution in [0.1, 0.15) is 86.9 Å². The van der Waals surface area contributed by atoms with Crippen molar-refractivity contribution in [1.29, 1.82) is 0 Å². The number of rotatable bonds is 14. The van der Waals surface area contributed by atoms with Gasteiger partial charge in [-0.15, -0.1) is 0 Å². The van der Waals surface area contributed by atoms with E-state index in [9.17, 15) is 27.9 Å². The van der Waals surface area contributed by atoms with Crippen molar-refractivity contribution in [3.8, 4) is 16.9 Å². The molecule has 1 aliphatic rings. The van der Waals surface area contributed by atoms with Crippen LogP contribution in [0.25, 0.3) is 11.1 Å². The third-order valence-corrected chi connectivity index (χ3v) is 9.33. The molecule has 4 rings (SSSR count). The van der Waals surface area contributed by atoms with Gasteiger partial charge in [0.2, 0.25) is 10.0 Å². The summed E-state index contributed by atoms with van der Waals surface area (Å²) in [4.78, 5) is 38.5. The monoisotopic (exact) mass is 694 g/mol. The SMILES string of the molecule is CC(C)(C)OC(=O)N(CCc1ccc(-c2ccc(C(=O)NS(=O)(=O)CCC(=O)O)c(OC3CCCCC3)c2)cc1)C[C@@H](O)c1ccccc1. The fourth-order valence-corrected chi connectivity index (χ4v) is 6.46. The number of carboxylic acid groups (broad SMARTS) is 1. The standard InChI is InChI=1S/C37H46N2O9S/c1-37(2,3)48-36(44)39(25-32(40)28-10-6-4-7-11-28)22-20-26-14-16-27(17-15-26)29-18-19-31(33(24-29)47-30-12-8-5-9-13-30)35(43)38-49(45,46)23-21-34(41)42/h4,6-7,10-11,14-19,24,30,32,40H,5,8-9,12-13,20-23,25H2,1-3H3,(H,38,43)(H,41,42)/t32-/m1/s1. The minimum atomic E-state index is -4.17. The zero-order chi connectivity index (χ0) is 35.6. The number of aliphatic carboxylic acids is 1. The summed E-state index contributed by atoms with van der Waals surface area (Å²) in [6.45, 7) is 5.78. The van der Waals surface area contributed by atoms with Crippen molar-refractivity contribution < 1.29 is 42.5 Å². The summed E-state index contributed by atoms with van der Waals surface area (Å²) in [6, 6.07) is 21.8. The quantitative estimate of drug-likeness (QED) is 0.181. The molecule has 3 N–H and O–H groups in total. The molecule has 0 spiro atoms. The van der Waals surface area contributed by atoms with Gasteiger partial charge < -0.3 is 24.6 Å². The van der Waals surface area contributed by atoms with Crippen LogP contribution in [0.15, 0.2) is 72.8 Å². The number of carbonyl (C=O) groups excluding carboxylic acids is 2. The second-order valence-corrected chi connectivity index (χ2v) is 15.1. The van der Waals surface area contributed by atoms with Gasteiger partial charge >= 0.3 is 12.1 Å². The molecule has 2 amide bonds. The lowest BCUT2D eigenvalue weighted by atomic mass is 9.97. The van der Waals surface area contributed by atoms with Gasteiger partial charge in [-0.1, -0.05) is 67.1 Å². The molecule has 1 saturated carbocycles.